The second kappa shape index (κ2) is 5.61. The van der Waals surface area contributed by atoms with Crippen LogP contribution in [0.25, 0.3) is 0 Å². The molecule has 1 saturated heterocycles. The highest BCUT2D eigenvalue weighted by atomic mass is 19.2. The first-order chi connectivity index (χ1) is 10.9. The Kier molecular flexibility index (Phi) is 4.20. The summed E-state index contributed by atoms with van der Waals surface area (Å²) in [6, 6.07) is 0.447. The van der Waals surface area contributed by atoms with Gasteiger partial charge in [0.2, 0.25) is 0 Å². The molecule has 0 spiro atoms. The molecule has 0 atom stereocenters. The van der Waals surface area contributed by atoms with Crippen molar-refractivity contribution >= 4 is 27.6 Å². The number of hydrogen-bond donors (Lipinski definition) is 1. The van der Waals surface area contributed by atoms with Gasteiger partial charge in [-0.2, -0.15) is 0 Å². The number of benzene rings is 1. The molecule has 5 nitrogen and oxygen atoms in total. The van der Waals surface area contributed by atoms with Gasteiger partial charge in [0.15, 0.2) is 17.2 Å². The molecule has 1 aliphatic rings. The molecule has 0 saturated carbocycles. The lowest BCUT2D eigenvalue weighted by Gasteiger charge is -2.33. The van der Waals surface area contributed by atoms with Crippen LogP contribution in [-0.4, -0.2) is 38.5 Å². The Morgan fingerprint density at radius 1 is 1.04 bits per heavy atom. The number of halogens is 3. The van der Waals surface area contributed by atoms with Gasteiger partial charge in [0.25, 0.3) is 5.79 Å². The van der Waals surface area contributed by atoms with E-state index in [9.17, 15) is 27.9 Å². The van der Waals surface area contributed by atoms with Crippen LogP contribution in [-0.2, 0) is 24.3 Å². The molecule has 1 aromatic rings. The number of hydrogen-bond acceptors (Lipinski definition) is 5. The zero-order chi connectivity index (χ0) is 18.4. The molecule has 1 fully saturated rings. The first-order valence-electron chi connectivity index (χ1n) is 6.50. The maximum atomic E-state index is 13.8. The van der Waals surface area contributed by atoms with Crippen molar-refractivity contribution in [2.75, 3.05) is 0 Å². The first kappa shape index (κ1) is 18.0. The normalized spacial score (nSPS) is 17.3. The Hall–Kier alpha value is -2.38. The highest BCUT2D eigenvalue weighted by Crippen LogP contribution is 2.33. The van der Waals surface area contributed by atoms with Crippen LogP contribution in [0.15, 0.2) is 23.5 Å². The molecule has 0 aliphatic carbocycles. The van der Waals surface area contributed by atoms with Crippen molar-refractivity contribution in [3.8, 4) is 0 Å². The largest absolute Gasteiger partial charge is 0.512 e. The third kappa shape index (κ3) is 3.00. The molecule has 1 aromatic carbocycles. The fourth-order valence-electron chi connectivity index (χ4n) is 2.02. The van der Waals surface area contributed by atoms with E-state index in [-0.39, 0.29) is 6.07 Å². The topological polar surface area (TPSA) is 72.8 Å². The van der Waals surface area contributed by atoms with Crippen LogP contribution in [0.5, 0.6) is 0 Å². The highest BCUT2D eigenvalue weighted by Gasteiger charge is 2.44. The van der Waals surface area contributed by atoms with E-state index in [1.165, 1.54) is 13.8 Å². The summed E-state index contributed by atoms with van der Waals surface area (Å²) in [6.45, 7) is 2.51. The highest BCUT2D eigenvalue weighted by molar-refractivity contribution is 6.43. The Labute approximate surface area is 137 Å². The van der Waals surface area contributed by atoms with E-state index >= 15 is 0 Å². The fourth-order valence-corrected chi connectivity index (χ4v) is 2.02. The lowest BCUT2D eigenvalue weighted by atomic mass is 9.49. The second-order valence-corrected chi connectivity index (χ2v) is 5.52. The van der Waals surface area contributed by atoms with E-state index in [2.05, 4.69) is 0 Å². The van der Waals surface area contributed by atoms with Gasteiger partial charge in [-0.25, -0.2) is 22.8 Å². The standard InChI is InChI=1S/C14H9B2F3O5/c1-13(2)23-11(21)9(12(22)24-13)10(20)14(15,16)5-3-7(18)8(19)4-6(5)17/h3-4,20H,1-2H3. The van der Waals surface area contributed by atoms with Gasteiger partial charge in [-0.1, -0.05) is 0 Å². The first-order valence-corrected chi connectivity index (χ1v) is 6.50. The molecular formula is C14H9B2F3O5. The van der Waals surface area contributed by atoms with Gasteiger partial charge in [0.05, 0.1) is 15.7 Å². The van der Waals surface area contributed by atoms with E-state index in [0.29, 0.717) is 6.07 Å². The van der Waals surface area contributed by atoms with Crippen LogP contribution in [0, 0.1) is 17.5 Å². The van der Waals surface area contributed by atoms with Crippen molar-refractivity contribution in [3.63, 3.8) is 0 Å². The minimum absolute atomic E-state index is 0.151. The van der Waals surface area contributed by atoms with E-state index in [0.717, 1.165) is 0 Å². The molecule has 24 heavy (non-hydrogen) atoms. The van der Waals surface area contributed by atoms with Crippen molar-refractivity contribution in [2.45, 2.75) is 24.8 Å². The summed E-state index contributed by atoms with van der Waals surface area (Å²) in [5.41, 5.74) is -1.97. The van der Waals surface area contributed by atoms with Crippen molar-refractivity contribution in [3.05, 3.63) is 46.5 Å². The number of esters is 2. The SMILES string of the molecule is [B]C([B])(C(O)=C1C(=O)OC(C)(C)OC1=O)c1cc(F)c(F)cc1F. The summed E-state index contributed by atoms with van der Waals surface area (Å²) in [5.74, 6) is -9.98. The minimum atomic E-state index is -2.73. The summed E-state index contributed by atoms with van der Waals surface area (Å²) in [4.78, 5) is 23.7. The molecule has 1 aliphatic heterocycles. The number of rotatable bonds is 2. The number of aliphatic hydroxyl groups excluding tert-OH is 1. The zero-order valence-electron chi connectivity index (χ0n) is 12.5. The van der Waals surface area contributed by atoms with Crippen LogP contribution < -0.4 is 0 Å². The number of ether oxygens (including phenoxy) is 2. The molecule has 0 unspecified atom stereocenters. The predicted octanol–water partition coefficient (Wildman–Crippen LogP) is 1.24. The third-order valence-corrected chi connectivity index (χ3v) is 3.17. The number of cyclic esters (lactones) is 2. The summed E-state index contributed by atoms with van der Waals surface area (Å²) in [5, 5.41) is 7.37. The van der Waals surface area contributed by atoms with Gasteiger partial charge in [-0.3, -0.25) is 0 Å². The zero-order valence-corrected chi connectivity index (χ0v) is 12.5. The van der Waals surface area contributed by atoms with E-state index in [1.54, 1.807) is 0 Å². The summed E-state index contributed by atoms with van der Waals surface area (Å²) in [6.07, 6.45) is 0. The Morgan fingerprint density at radius 3 is 2.00 bits per heavy atom. The summed E-state index contributed by atoms with van der Waals surface area (Å²) >= 11 is 0. The van der Waals surface area contributed by atoms with Crippen LogP contribution >= 0.6 is 0 Å². The smallest absolute Gasteiger partial charge is 0.352 e. The van der Waals surface area contributed by atoms with E-state index < -0.39 is 57.3 Å². The lowest BCUT2D eigenvalue weighted by molar-refractivity contribution is -0.222. The van der Waals surface area contributed by atoms with Crippen molar-refractivity contribution < 1.29 is 37.3 Å². The summed E-state index contributed by atoms with van der Waals surface area (Å²) < 4.78 is 49.6. The Morgan fingerprint density at radius 2 is 1.50 bits per heavy atom. The monoisotopic (exact) mass is 336 g/mol. The van der Waals surface area contributed by atoms with Gasteiger partial charge in [0.1, 0.15) is 11.6 Å². The van der Waals surface area contributed by atoms with E-state index in [4.69, 9.17) is 25.2 Å². The minimum Gasteiger partial charge on any atom is -0.512 e. The van der Waals surface area contributed by atoms with Crippen molar-refractivity contribution in [1.82, 2.24) is 0 Å². The van der Waals surface area contributed by atoms with Crippen molar-refractivity contribution in [2.24, 2.45) is 0 Å². The number of carbonyl (C=O) groups excluding carboxylic acids is 2. The average molecular weight is 336 g/mol. The van der Waals surface area contributed by atoms with Gasteiger partial charge >= 0.3 is 11.9 Å². The van der Waals surface area contributed by atoms with E-state index in [1.807, 2.05) is 0 Å². The molecule has 1 N–H and O–H groups in total. The molecule has 4 radical (unpaired) electrons. The van der Waals surface area contributed by atoms with Gasteiger partial charge in [-0.05, 0) is 16.8 Å². The van der Waals surface area contributed by atoms with Crippen LogP contribution in [0.1, 0.15) is 19.4 Å². The maximum absolute atomic E-state index is 13.8. The van der Waals surface area contributed by atoms with Crippen molar-refractivity contribution in [1.29, 1.82) is 0 Å². The molecular weight excluding hydrogens is 327 g/mol. The fraction of sp³-hybridized carbons (Fsp3) is 0.286. The maximum Gasteiger partial charge on any atom is 0.352 e. The molecule has 1 heterocycles. The quantitative estimate of drug-likeness (QED) is 0.220. The molecule has 122 valence electrons. The van der Waals surface area contributed by atoms with Gasteiger partial charge in [-0.15, -0.1) is 0 Å². The molecule has 10 heteroatoms. The molecule has 0 aromatic heterocycles. The predicted molar refractivity (Wildman–Crippen MR) is 75.4 cm³/mol. The number of carbonyl (C=O) groups is 2. The number of allylic oxidation sites excluding steroid dienone is 1. The molecule has 0 bridgehead atoms. The Bertz CT molecular complexity index is 752. The van der Waals surface area contributed by atoms with Crippen LogP contribution in [0.3, 0.4) is 0 Å². The average Bonchev–Trinajstić information content (AvgIpc) is 2.40. The second-order valence-electron chi connectivity index (χ2n) is 5.52. The molecule has 0 amide bonds. The van der Waals surface area contributed by atoms with Gasteiger partial charge < -0.3 is 14.6 Å². The van der Waals surface area contributed by atoms with Crippen LogP contribution in [0.2, 0.25) is 0 Å². The molecule has 2 rings (SSSR count). The Balaban J connectivity index is 2.58. The third-order valence-electron chi connectivity index (χ3n) is 3.17. The lowest BCUT2D eigenvalue weighted by Crippen LogP contribution is -2.44. The summed E-state index contributed by atoms with van der Waals surface area (Å²) in [7, 11) is 11.1. The van der Waals surface area contributed by atoms with Gasteiger partial charge in [0, 0.05) is 19.9 Å². The number of aliphatic hydroxyl groups is 1. The van der Waals surface area contributed by atoms with Crippen LogP contribution in [0.4, 0.5) is 13.2 Å².